The van der Waals surface area contributed by atoms with E-state index in [0.29, 0.717) is 31.8 Å². The highest BCUT2D eigenvalue weighted by Gasteiger charge is 2.27. The van der Waals surface area contributed by atoms with E-state index < -0.39 is 56.3 Å². The van der Waals surface area contributed by atoms with Gasteiger partial charge in [0.15, 0.2) is 0 Å². The first-order chi connectivity index (χ1) is 22.3. The highest BCUT2D eigenvalue weighted by atomic mass is 32.2. The quantitative estimate of drug-likeness (QED) is 0.0740. The van der Waals surface area contributed by atoms with E-state index in [-0.39, 0.29) is 44.2 Å². The fraction of sp³-hybridized carbons (Fsp3) is 0. The van der Waals surface area contributed by atoms with Crippen molar-refractivity contribution in [2.75, 3.05) is 0 Å². The molecule has 0 unspecified atom stereocenters. The number of hydrogen-bond acceptors (Lipinski definition) is 12. The third-order valence-corrected chi connectivity index (χ3v) is 15.6. The molecule has 0 atom stereocenters. The van der Waals surface area contributed by atoms with Gasteiger partial charge in [0.1, 0.15) is 0 Å². The van der Waals surface area contributed by atoms with Crippen LogP contribution in [-0.2, 0) is 40.5 Å². The minimum absolute atomic E-state index is 0. The zero-order valence-corrected chi connectivity index (χ0v) is 32.0. The highest BCUT2D eigenvalue weighted by molar-refractivity contribution is 7.87. The van der Waals surface area contributed by atoms with Gasteiger partial charge in [0.2, 0.25) is 0 Å². The van der Waals surface area contributed by atoms with Gasteiger partial charge in [0.25, 0.3) is 40.5 Å². The van der Waals surface area contributed by atoms with Crippen LogP contribution in [0.3, 0.4) is 0 Å². The summed E-state index contributed by atoms with van der Waals surface area (Å²) in [6.45, 7) is 0. The van der Waals surface area contributed by atoms with Crippen LogP contribution in [0.2, 0.25) is 0 Å². The Bertz CT molecular complexity index is 2110. The van der Waals surface area contributed by atoms with Crippen LogP contribution >= 0.6 is 15.8 Å². The summed E-state index contributed by atoms with van der Waals surface area (Å²) in [5.41, 5.74) is 0. The van der Waals surface area contributed by atoms with Gasteiger partial charge < -0.3 is 24.6 Å². The zero-order valence-electron chi connectivity index (χ0n) is 27.0. The van der Waals surface area contributed by atoms with E-state index in [1.165, 1.54) is 97.1 Å². The van der Waals surface area contributed by atoms with Crippen molar-refractivity contribution >= 4 is 88.1 Å². The van der Waals surface area contributed by atoms with Crippen LogP contribution in [0.1, 0.15) is 0 Å². The van der Waals surface area contributed by atoms with E-state index in [1.807, 2.05) is 12.1 Å². The standard InChI is InChI=1S/C30H24O12P2S4.4H3N/c31-45(32,33)25-13-5-21(6-14-25)43(22-7-15-26(16-8-22)46(34,35)36)29-3-1-2-4-30(29)44(23-9-17-27(18-10-23)47(37,38)39)24-11-19-28(20-12-24)48(40,41)42;;;;/h1-20H,(H,31,32,33)(H,34,35,36)(H,37,38,39)(H,40,41,42);4*1H3. The molecule has 282 valence electrons. The molecule has 16 nitrogen and oxygen atoms in total. The van der Waals surface area contributed by atoms with Crippen molar-refractivity contribution in [1.29, 1.82) is 0 Å². The maximum absolute atomic E-state index is 11.8. The van der Waals surface area contributed by atoms with E-state index in [0.717, 1.165) is 0 Å². The molecular weight excluding hydrogens is 799 g/mol. The maximum Gasteiger partial charge on any atom is 0.294 e. The minimum atomic E-state index is -4.52. The monoisotopic (exact) mass is 834 g/mol. The van der Waals surface area contributed by atoms with Crippen LogP contribution in [-0.4, -0.2) is 51.9 Å². The fourth-order valence-electron chi connectivity index (χ4n) is 4.77. The second-order valence-electron chi connectivity index (χ2n) is 10.0. The lowest BCUT2D eigenvalue weighted by Crippen LogP contribution is -2.34. The average Bonchev–Trinajstić information content (AvgIpc) is 3.01. The SMILES string of the molecule is N.N.N.N.O=S(=O)(O)c1ccc(P(c2ccc(S(=O)(=O)O)cc2)c2ccccc2P(c2ccc(S(=O)(=O)O)cc2)c2ccc(S(=O)(=O)O)cc2)cc1. The zero-order chi connectivity index (χ0) is 35.1. The van der Waals surface area contributed by atoms with Crippen molar-refractivity contribution in [2.24, 2.45) is 0 Å². The van der Waals surface area contributed by atoms with Crippen molar-refractivity contribution in [3.8, 4) is 0 Å². The molecule has 0 aromatic heterocycles. The molecule has 0 aliphatic rings. The normalized spacial score (nSPS) is 11.8. The molecular formula is C30H36N4O12P2S4. The molecule has 52 heavy (non-hydrogen) atoms. The molecule has 0 spiro atoms. The largest absolute Gasteiger partial charge is 0.344 e. The van der Waals surface area contributed by atoms with Crippen molar-refractivity contribution in [3.05, 3.63) is 121 Å². The van der Waals surface area contributed by atoms with Crippen molar-refractivity contribution in [2.45, 2.75) is 19.6 Å². The summed E-state index contributed by atoms with van der Waals surface area (Å²) in [5, 5.41) is 3.72. The Morgan fingerprint density at radius 2 is 0.481 bits per heavy atom. The number of rotatable bonds is 10. The molecule has 5 rings (SSSR count). The molecule has 0 heterocycles. The predicted molar refractivity (Wildman–Crippen MR) is 203 cm³/mol. The van der Waals surface area contributed by atoms with Gasteiger partial charge in [-0.3, -0.25) is 18.2 Å². The van der Waals surface area contributed by atoms with E-state index in [2.05, 4.69) is 0 Å². The molecule has 0 saturated carbocycles. The molecule has 0 fully saturated rings. The minimum Gasteiger partial charge on any atom is -0.344 e. The summed E-state index contributed by atoms with van der Waals surface area (Å²) in [6.07, 6.45) is 0. The second-order valence-corrected chi connectivity index (χ2v) is 20.1. The third kappa shape index (κ3) is 10.5. The van der Waals surface area contributed by atoms with Gasteiger partial charge in [-0.05, 0) is 96.2 Å². The molecule has 0 aliphatic heterocycles. The Morgan fingerprint density at radius 3 is 0.635 bits per heavy atom. The third-order valence-electron chi connectivity index (χ3n) is 6.93. The number of hydrogen-bond donors (Lipinski definition) is 8. The Hall–Kier alpha value is -3.56. The molecule has 0 aliphatic carbocycles. The number of benzene rings is 5. The van der Waals surface area contributed by atoms with E-state index in [1.54, 1.807) is 12.1 Å². The van der Waals surface area contributed by atoms with Crippen LogP contribution < -0.4 is 56.4 Å². The molecule has 5 aromatic carbocycles. The van der Waals surface area contributed by atoms with Gasteiger partial charge in [-0.2, -0.15) is 33.7 Å². The predicted octanol–water partition coefficient (Wildman–Crippen LogP) is 2.84. The van der Waals surface area contributed by atoms with Crippen LogP contribution in [0.5, 0.6) is 0 Å². The lowest BCUT2D eigenvalue weighted by molar-refractivity contribution is 0.481. The van der Waals surface area contributed by atoms with Gasteiger partial charge >= 0.3 is 0 Å². The van der Waals surface area contributed by atoms with Crippen LogP contribution in [0.25, 0.3) is 0 Å². The Morgan fingerprint density at radius 1 is 0.308 bits per heavy atom. The van der Waals surface area contributed by atoms with Gasteiger partial charge in [0.05, 0.1) is 19.6 Å². The van der Waals surface area contributed by atoms with Crippen LogP contribution in [0, 0.1) is 0 Å². The smallest absolute Gasteiger partial charge is 0.294 e. The topological polar surface area (TPSA) is 357 Å². The van der Waals surface area contributed by atoms with Gasteiger partial charge in [0, 0.05) is 0 Å². The first-order valence-corrected chi connectivity index (χ1v) is 21.8. The molecule has 5 aromatic rings. The molecule has 0 bridgehead atoms. The van der Waals surface area contributed by atoms with Crippen molar-refractivity contribution < 1.29 is 51.9 Å². The van der Waals surface area contributed by atoms with Crippen LogP contribution in [0.4, 0.5) is 0 Å². The molecule has 16 N–H and O–H groups in total. The summed E-state index contributed by atoms with van der Waals surface area (Å²) in [6, 6.07) is 29.0. The van der Waals surface area contributed by atoms with E-state index >= 15 is 0 Å². The van der Waals surface area contributed by atoms with Gasteiger partial charge in [-0.1, -0.05) is 72.8 Å². The Labute approximate surface area is 304 Å². The van der Waals surface area contributed by atoms with E-state index in [9.17, 15) is 51.9 Å². The first-order valence-electron chi connectivity index (χ1n) is 13.3. The lowest BCUT2D eigenvalue weighted by atomic mass is 10.3. The average molecular weight is 835 g/mol. The second kappa shape index (κ2) is 17.5. The molecule has 0 amide bonds. The Kier molecular flexibility index (Phi) is 15.6. The summed E-state index contributed by atoms with van der Waals surface area (Å²) in [4.78, 5) is -1.40. The Balaban J connectivity index is 0.00000338. The van der Waals surface area contributed by atoms with E-state index in [4.69, 9.17) is 0 Å². The molecule has 22 heteroatoms. The summed E-state index contributed by atoms with van der Waals surface area (Å²) in [7, 11) is -21.4. The molecule has 0 radical (unpaired) electrons. The lowest BCUT2D eigenvalue weighted by Gasteiger charge is -2.27. The fourth-order valence-corrected chi connectivity index (χ4v) is 11.9. The van der Waals surface area contributed by atoms with Gasteiger partial charge in [-0.15, -0.1) is 0 Å². The van der Waals surface area contributed by atoms with Crippen LogP contribution in [0.15, 0.2) is 141 Å². The molecule has 0 saturated heterocycles. The van der Waals surface area contributed by atoms with Gasteiger partial charge in [-0.25, -0.2) is 0 Å². The van der Waals surface area contributed by atoms with Crippen molar-refractivity contribution in [1.82, 2.24) is 24.6 Å². The maximum atomic E-state index is 11.8. The summed E-state index contributed by atoms with van der Waals surface area (Å²) >= 11 is 0. The first kappa shape index (κ1) is 46.5. The summed E-state index contributed by atoms with van der Waals surface area (Å²) < 4.78 is 133. The summed E-state index contributed by atoms with van der Waals surface area (Å²) in [5.74, 6) is 0. The highest BCUT2D eigenvalue weighted by Crippen LogP contribution is 2.39. The van der Waals surface area contributed by atoms with Crippen molar-refractivity contribution in [3.63, 3.8) is 0 Å².